The summed E-state index contributed by atoms with van der Waals surface area (Å²) in [5.74, 6) is -0.104. The molecule has 0 unspecified atom stereocenters. The van der Waals surface area contributed by atoms with Crippen molar-refractivity contribution in [1.29, 1.82) is 0 Å². The van der Waals surface area contributed by atoms with Crippen molar-refractivity contribution in [2.75, 3.05) is 10.8 Å². The summed E-state index contributed by atoms with van der Waals surface area (Å²) in [6.45, 7) is 0. The first-order valence-electron chi connectivity index (χ1n) is 4.71. The molecule has 1 aromatic carbocycles. The molecule has 1 aromatic rings. The monoisotopic (exact) mass is 238 g/mol. The van der Waals surface area contributed by atoms with Crippen LogP contribution in [0.1, 0.15) is 0 Å². The van der Waals surface area contributed by atoms with Crippen LogP contribution in [0.3, 0.4) is 0 Å². The molecule has 0 aliphatic carbocycles. The lowest BCUT2D eigenvalue weighted by atomic mass is 10.2. The Kier molecular flexibility index (Phi) is 2.74. The fourth-order valence-corrected chi connectivity index (χ4v) is 2.85. The number of anilines is 1. The molecule has 84 valence electrons. The molecule has 6 heteroatoms. The van der Waals surface area contributed by atoms with E-state index in [1.165, 1.54) is 11.1 Å². The Morgan fingerprint density at radius 2 is 1.94 bits per heavy atom. The first-order chi connectivity index (χ1) is 7.62. The zero-order valence-electron chi connectivity index (χ0n) is 8.35. The maximum atomic E-state index is 11.2. The zero-order valence-corrected chi connectivity index (χ0v) is 9.17. The van der Waals surface area contributed by atoms with Gasteiger partial charge < -0.3 is 0 Å². The van der Waals surface area contributed by atoms with Crippen LogP contribution in [0.25, 0.3) is 0 Å². The molecule has 1 aliphatic rings. The summed E-state index contributed by atoms with van der Waals surface area (Å²) in [4.78, 5) is 10.8. The Morgan fingerprint density at radius 1 is 1.25 bits per heavy atom. The highest BCUT2D eigenvalue weighted by Crippen LogP contribution is 2.22. The normalized spacial score (nSPS) is 21.9. The molecule has 0 radical (unpaired) electrons. The van der Waals surface area contributed by atoms with Gasteiger partial charge in [-0.1, -0.05) is 18.2 Å². The highest BCUT2D eigenvalue weighted by atomic mass is 32.2. The summed E-state index contributed by atoms with van der Waals surface area (Å²) in [6, 6.07) is 8.25. The van der Waals surface area contributed by atoms with Gasteiger partial charge in [-0.25, -0.2) is 13.4 Å². The number of nitrogens with zero attached hydrogens (tertiary/aromatic N) is 2. The van der Waals surface area contributed by atoms with E-state index in [0.717, 1.165) is 5.41 Å². The van der Waals surface area contributed by atoms with Gasteiger partial charge in [0.15, 0.2) is 9.84 Å². The van der Waals surface area contributed by atoms with E-state index < -0.39 is 15.9 Å². The third-order valence-corrected chi connectivity index (χ3v) is 3.71. The van der Waals surface area contributed by atoms with Crippen molar-refractivity contribution in [3.63, 3.8) is 0 Å². The van der Waals surface area contributed by atoms with Gasteiger partial charge in [0, 0.05) is 5.41 Å². The Bertz CT molecular complexity index is 510. The van der Waals surface area contributed by atoms with Gasteiger partial charge in [-0.05, 0) is 18.2 Å². The summed E-state index contributed by atoms with van der Waals surface area (Å²) in [5.41, 5.74) is 0.587. The SMILES string of the molecule is O=NN(c1ccccc1)[C@H]1C=CS(=O)(=O)C1. The van der Waals surface area contributed by atoms with Crippen molar-refractivity contribution in [3.8, 4) is 0 Å². The molecule has 16 heavy (non-hydrogen) atoms. The molecule has 0 spiro atoms. The van der Waals surface area contributed by atoms with Gasteiger partial charge in [0.1, 0.15) is 0 Å². The molecule has 5 nitrogen and oxygen atoms in total. The van der Waals surface area contributed by atoms with Crippen molar-refractivity contribution in [2.24, 2.45) is 5.29 Å². The van der Waals surface area contributed by atoms with E-state index in [1.54, 1.807) is 24.3 Å². The van der Waals surface area contributed by atoms with Gasteiger partial charge in [0.2, 0.25) is 0 Å². The van der Waals surface area contributed by atoms with Crippen LogP contribution in [0.2, 0.25) is 0 Å². The summed E-state index contributed by atoms with van der Waals surface area (Å²) in [6.07, 6.45) is 1.48. The molecule has 0 saturated heterocycles. The second-order valence-electron chi connectivity index (χ2n) is 3.49. The smallest absolute Gasteiger partial charge is 0.173 e. The zero-order chi connectivity index (χ0) is 11.6. The van der Waals surface area contributed by atoms with Gasteiger partial charge in [-0.15, -0.1) is 4.91 Å². The van der Waals surface area contributed by atoms with Crippen molar-refractivity contribution >= 4 is 15.5 Å². The van der Waals surface area contributed by atoms with E-state index in [4.69, 9.17) is 0 Å². The van der Waals surface area contributed by atoms with Gasteiger partial charge in [-0.2, -0.15) is 0 Å². The third kappa shape index (κ3) is 2.11. The van der Waals surface area contributed by atoms with Crippen molar-refractivity contribution < 1.29 is 8.42 Å². The Hall–Kier alpha value is -1.69. The van der Waals surface area contributed by atoms with Crippen molar-refractivity contribution in [3.05, 3.63) is 46.7 Å². The van der Waals surface area contributed by atoms with Gasteiger partial charge >= 0.3 is 0 Å². The number of para-hydroxylation sites is 1. The van der Waals surface area contributed by atoms with Crippen molar-refractivity contribution in [2.45, 2.75) is 6.04 Å². The van der Waals surface area contributed by atoms with Gasteiger partial charge in [-0.3, -0.25) is 0 Å². The average molecular weight is 238 g/mol. The molecule has 0 aromatic heterocycles. The summed E-state index contributed by atoms with van der Waals surface area (Å²) < 4.78 is 22.5. The van der Waals surface area contributed by atoms with E-state index in [2.05, 4.69) is 5.29 Å². The molecule has 1 aliphatic heterocycles. The highest BCUT2D eigenvalue weighted by molar-refractivity contribution is 7.94. The van der Waals surface area contributed by atoms with E-state index in [0.29, 0.717) is 5.69 Å². The van der Waals surface area contributed by atoms with E-state index in [1.807, 2.05) is 6.07 Å². The van der Waals surface area contributed by atoms with Crippen molar-refractivity contribution in [1.82, 2.24) is 0 Å². The minimum atomic E-state index is -3.18. The maximum Gasteiger partial charge on any atom is 0.173 e. The number of rotatable bonds is 3. The topological polar surface area (TPSA) is 66.8 Å². The van der Waals surface area contributed by atoms with Gasteiger partial charge in [0.25, 0.3) is 0 Å². The van der Waals surface area contributed by atoms with Gasteiger partial charge in [0.05, 0.1) is 22.8 Å². The molecule has 0 fully saturated rings. The first-order valence-corrected chi connectivity index (χ1v) is 6.42. The van der Waals surface area contributed by atoms with Crippen LogP contribution in [0.15, 0.2) is 47.1 Å². The molecule has 0 bridgehead atoms. The second-order valence-corrected chi connectivity index (χ2v) is 5.42. The molecular weight excluding hydrogens is 228 g/mol. The van der Waals surface area contributed by atoms with Crippen LogP contribution >= 0.6 is 0 Å². The quantitative estimate of drug-likeness (QED) is 0.591. The van der Waals surface area contributed by atoms with Crippen LogP contribution in [-0.2, 0) is 9.84 Å². The summed E-state index contributed by atoms with van der Waals surface area (Å²) >= 11 is 0. The lowest BCUT2D eigenvalue weighted by molar-refractivity contribution is 0.602. The first kappa shape index (κ1) is 10.8. The molecule has 0 amide bonds. The van der Waals surface area contributed by atoms with Crippen LogP contribution in [0.4, 0.5) is 5.69 Å². The molecular formula is C10H10N2O3S. The fourth-order valence-electron chi connectivity index (χ4n) is 1.59. The Balaban J connectivity index is 2.26. The Morgan fingerprint density at radius 3 is 2.44 bits per heavy atom. The lowest BCUT2D eigenvalue weighted by Gasteiger charge is -2.19. The number of nitroso groups, excluding NO2 is 1. The number of sulfone groups is 1. The molecule has 0 N–H and O–H groups in total. The van der Waals surface area contributed by atoms with Crippen LogP contribution in [0, 0.1) is 4.91 Å². The lowest BCUT2D eigenvalue weighted by Crippen LogP contribution is -2.31. The standard InChI is InChI=1S/C10H10N2O3S/c13-11-12(9-4-2-1-3-5-9)10-6-7-16(14,15)8-10/h1-7,10H,8H2/t10-/m0/s1. The maximum absolute atomic E-state index is 11.2. The van der Waals surface area contributed by atoms with E-state index >= 15 is 0 Å². The molecule has 2 rings (SSSR count). The third-order valence-electron chi connectivity index (χ3n) is 2.33. The predicted octanol–water partition coefficient (Wildman–Crippen LogP) is 1.49. The predicted molar refractivity (Wildman–Crippen MR) is 61.4 cm³/mol. The fraction of sp³-hybridized carbons (Fsp3) is 0.200. The number of hydrogen-bond donors (Lipinski definition) is 0. The van der Waals surface area contributed by atoms with E-state index in [9.17, 15) is 13.3 Å². The average Bonchev–Trinajstić information content (AvgIpc) is 2.62. The molecule has 1 atom stereocenters. The Labute approximate surface area is 93.2 Å². The number of benzene rings is 1. The highest BCUT2D eigenvalue weighted by Gasteiger charge is 2.28. The summed E-state index contributed by atoms with van der Waals surface area (Å²) in [5, 5.41) is 5.16. The van der Waals surface area contributed by atoms with Crippen LogP contribution in [0.5, 0.6) is 0 Å². The second kappa shape index (κ2) is 4.05. The van der Waals surface area contributed by atoms with Crippen LogP contribution in [-0.4, -0.2) is 20.2 Å². The van der Waals surface area contributed by atoms with Crippen LogP contribution < -0.4 is 5.01 Å². The summed E-state index contributed by atoms with van der Waals surface area (Å²) in [7, 11) is -3.18. The number of hydrogen-bond acceptors (Lipinski definition) is 4. The van der Waals surface area contributed by atoms with E-state index in [-0.39, 0.29) is 5.75 Å². The molecule has 1 heterocycles. The minimum absolute atomic E-state index is 0.104. The molecule has 0 saturated carbocycles. The minimum Gasteiger partial charge on any atom is -0.224 e. The largest absolute Gasteiger partial charge is 0.224 e.